The number of rotatable bonds is 11. The van der Waals surface area contributed by atoms with Crippen LogP contribution in [0.1, 0.15) is 49.0 Å². The second-order valence-electron chi connectivity index (χ2n) is 7.49. The van der Waals surface area contributed by atoms with Crippen molar-refractivity contribution in [2.45, 2.75) is 45.7 Å². The Morgan fingerprint density at radius 1 is 1.31 bits per heavy atom. The second-order valence-corrected chi connectivity index (χ2v) is 7.49. The van der Waals surface area contributed by atoms with E-state index in [2.05, 4.69) is 27.9 Å². The molecule has 2 rings (SSSR count). The molecule has 1 amide bonds. The fraction of sp³-hybridized carbons (Fsp3) is 0.636. The zero-order valence-corrected chi connectivity index (χ0v) is 18.0. The van der Waals surface area contributed by atoms with Crippen molar-refractivity contribution in [2.75, 3.05) is 40.0 Å². The lowest BCUT2D eigenvalue weighted by Gasteiger charge is -2.13. The number of carbonyl (C=O) groups is 1. The van der Waals surface area contributed by atoms with E-state index in [-0.39, 0.29) is 11.9 Å². The van der Waals surface area contributed by atoms with Gasteiger partial charge in [-0.15, -0.1) is 0 Å². The number of guanidine groups is 1. The molecule has 2 unspecified atom stereocenters. The first kappa shape index (κ1) is 23.2. The number of ether oxygens (including phenoxy) is 2. The maximum Gasteiger partial charge on any atom is 0.251 e. The van der Waals surface area contributed by atoms with Gasteiger partial charge in [0.15, 0.2) is 5.96 Å². The molecular weight excluding hydrogens is 368 g/mol. The molecule has 0 saturated carbocycles. The standard InChI is InChI=1S/C22H36N4O3/c1-4-17(2)26-21(27)20-8-6-18(7-9-20)14-25-22(23-3)24-11-5-12-28-15-19-10-13-29-16-19/h6-9,17,19H,4-5,10-16H2,1-3H3,(H,26,27)(H2,23,24,25). The summed E-state index contributed by atoms with van der Waals surface area (Å²) in [6, 6.07) is 7.83. The summed E-state index contributed by atoms with van der Waals surface area (Å²) in [7, 11) is 1.76. The van der Waals surface area contributed by atoms with E-state index >= 15 is 0 Å². The summed E-state index contributed by atoms with van der Waals surface area (Å²) in [5.74, 6) is 1.29. The molecule has 1 heterocycles. The lowest BCUT2D eigenvalue weighted by Crippen LogP contribution is -2.37. The average Bonchev–Trinajstić information content (AvgIpc) is 3.26. The van der Waals surface area contributed by atoms with Crippen LogP contribution in [0, 0.1) is 5.92 Å². The molecule has 1 saturated heterocycles. The minimum atomic E-state index is -0.0287. The van der Waals surface area contributed by atoms with E-state index in [9.17, 15) is 4.79 Å². The Kier molecular flexibility index (Phi) is 10.5. The highest BCUT2D eigenvalue weighted by atomic mass is 16.5. The van der Waals surface area contributed by atoms with Gasteiger partial charge in [-0.25, -0.2) is 0 Å². The fourth-order valence-electron chi connectivity index (χ4n) is 2.94. The third-order valence-electron chi connectivity index (χ3n) is 5.02. The Labute approximate surface area is 174 Å². The van der Waals surface area contributed by atoms with Gasteiger partial charge in [-0.05, 0) is 43.9 Å². The normalized spacial score (nSPS) is 17.8. The van der Waals surface area contributed by atoms with Gasteiger partial charge in [-0.1, -0.05) is 19.1 Å². The number of hydrogen-bond acceptors (Lipinski definition) is 4. The molecule has 0 radical (unpaired) electrons. The van der Waals surface area contributed by atoms with E-state index in [0.717, 1.165) is 63.8 Å². The van der Waals surface area contributed by atoms with Crippen LogP contribution in [-0.4, -0.2) is 57.9 Å². The third kappa shape index (κ3) is 8.83. The minimum Gasteiger partial charge on any atom is -0.381 e. The zero-order chi connectivity index (χ0) is 20.9. The van der Waals surface area contributed by atoms with Crippen molar-refractivity contribution in [3.8, 4) is 0 Å². The van der Waals surface area contributed by atoms with Crippen molar-refractivity contribution in [3.05, 3.63) is 35.4 Å². The predicted molar refractivity (Wildman–Crippen MR) is 116 cm³/mol. The van der Waals surface area contributed by atoms with Crippen molar-refractivity contribution < 1.29 is 14.3 Å². The van der Waals surface area contributed by atoms with Crippen LogP contribution in [0.4, 0.5) is 0 Å². The highest BCUT2D eigenvalue weighted by Crippen LogP contribution is 2.12. The molecule has 1 aliphatic heterocycles. The van der Waals surface area contributed by atoms with Gasteiger partial charge in [0.2, 0.25) is 0 Å². The Morgan fingerprint density at radius 3 is 2.76 bits per heavy atom. The van der Waals surface area contributed by atoms with E-state index in [1.165, 1.54) is 0 Å². The van der Waals surface area contributed by atoms with Crippen LogP contribution >= 0.6 is 0 Å². The Morgan fingerprint density at radius 2 is 2.10 bits per heavy atom. The van der Waals surface area contributed by atoms with Gasteiger partial charge in [0.25, 0.3) is 5.91 Å². The highest BCUT2D eigenvalue weighted by Gasteiger charge is 2.15. The van der Waals surface area contributed by atoms with Crippen LogP contribution in [0.5, 0.6) is 0 Å². The first-order valence-electron chi connectivity index (χ1n) is 10.6. The number of nitrogens with one attached hydrogen (secondary N) is 3. The SMILES string of the molecule is CCC(C)NC(=O)c1ccc(CNC(=NC)NCCCOCC2CCOC2)cc1. The molecule has 1 aromatic rings. The van der Waals surface area contributed by atoms with Gasteiger partial charge in [0.1, 0.15) is 0 Å². The van der Waals surface area contributed by atoms with Crippen molar-refractivity contribution in [3.63, 3.8) is 0 Å². The second kappa shape index (κ2) is 13.2. The molecule has 3 N–H and O–H groups in total. The third-order valence-corrected chi connectivity index (χ3v) is 5.02. The van der Waals surface area contributed by atoms with Crippen LogP contribution in [0.2, 0.25) is 0 Å². The van der Waals surface area contributed by atoms with E-state index < -0.39 is 0 Å². The summed E-state index contributed by atoms with van der Waals surface area (Å²) in [6.45, 7) is 8.73. The maximum absolute atomic E-state index is 12.1. The van der Waals surface area contributed by atoms with Gasteiger partial charge in [-0.2, -0.15) is 0 Å². The molecule has 2 atom stereocenters. The first-order chi connectivity index (χ1) is 14.1. The number of carbonyl (C=O) groups excluding carboxylic acids is 1. The molecule has 1 fully saturated rings. The van der Waals surface area contributed by atoms with Crippen LogP contribution in [0.3, 0.4) is 0 Å². The number of amides is 1. The summed E-state index contributed by atoms with van der Waals surface area (Å²) in [6.07, 6.45) is 2.95. The van der Waals surface area contributed by atoms with Gasteiger partial charge in [0.05, 0.1) is 13.2 Å². The van der Waals surface area contributed by atoms with E-state index in [0.29, 0.717) is 18.0 Å². The lowest BCUT2D eigenvalue weighted by atomic mass is 10.1. The van der Waals surface area contributed by atoms with E-state index in [1.54, 1.807) is 7.05 Å². The van der Waals surface area contributed by atoms with Crippen LogP contribution in [0.25, 0.3) is 0 Å². The molecule has 0 aliphatic carbocycles. The Bertz CT molecular complexity index is 627. The molecule has 1 aliphatic rings. The number of benzene rings is 1. The average molecular weight is 405 g/mol. The molecular formula is C22H36N4O3. The van der Waals surface area contributed by atoms with Crippen molar-refractivity contribution >= 4 is 11.9 Å². The number of aliphatic imine (C=N–C) groups is 1. The lowest BCUT2D eigenvalue weighted by molar-refractivity contribution is 0.0888. The molecule has 0 spiro atoms. The molecule has 7 heteroatoms. The smallest absolute Gasteiger partial charge is 0.251 e. The fourth-order valence-corrected chi connectivity index (χ4v) is 2.94. The summed E-state index contributed by atoms with van der Waals surface area (Å²) < 4.78 is 11.1. The molecule has 162 valence electrons. The topological polar surface area (TPSA) is 84.0 Å². The first-order valence-corrected chi connectivity index (χ1v) is 10.6. The minimum absolute atomic E-state index is 0.0287. The van der Waals surface area contributed by atoms with Crippen molar-refractivity contribution in [1.82, 2.24) is 16.0 Å². The van der Waals surface area contributed by atoms with Gasteiger partial charge in [0, 0.05) is 50.9 Å². The molecule has 0 bridgehead atoms. The van der Waals surface area contributed by atoms with Crippen LogP contribution in [0.15, 0.2) is 29.3 Å². The van der Waals surface area contributed by atoms with Gasteiger partial charge in [-0.3, -0.25) is 9.79 Å². The van der Waals surface area contributed by atoms with Crippen molar-refractivity contribution in [1.29, 1.82) is 0 Å². The molecule has 7 nitrogen and oxygen atoms in total. The van der Waals surface area contributed by atoms with Gasteiger partial charge < -0.3 is 25.4 Å². The summed E-state index contributed by atoms with van der Waals surface area (Å²) >= 11 is 0. The van der Waals surface area contributed by atoms with Crippen molar-refractivity contribution in [2.24, 2.45) is 10.9 Å². The van der Waals surface area contributed by atoms with E-state index in [4.69, 9.17) is 9.47 Å². The molecule has 1 aromatic carbocycles. The van der Waals surface area contributed by atoms with Crippen LogP contribution in [-0.2, 0) is 16.0 Å². The Hall–Kier alpha value is -2.12. The maximum atomic E-state index is 12.1. The van der Waals surface area contributed by atoms with Crippen LogP contribution < -0.4 is 16.0 Å². The number of nitrogens with zero attached hydrogens (tertiary/aromatic N) is 1. The summed E-state index contributed by atoms with van der Waals surface area (Å²) in [5.41, 5.74) is 1.77. The predicted octanol–water partition coefficient (Wildman–Crippen LogP) is 2.32. The monoisotopic (exact) mass is 404 g/mol. The molecule has 0 aromatic heterocycles. The highest BCUT2D eigenvalue weighted by molar-refractivity contribution is 5.94. The summed E-state index contributed by atoms with van der Waals surface area (Å²) in [4.78, 5) is 16.4. The van der Waals surface area contributed by atoms with Gasteiger partial charge >= 0.3 is 0 Å². The van der Waals surface area contributed by atoms with E-state index in [1.807, 2.05) is 31.2 Å². The zero-order valence-electron chi connectivity index (χ0n) is 18.0. The number of hydrogen-bond donors (Lipinski definition) is 3. The summed E-state index contributed by atoms with van der Waals surface area (Å²) in [5, 5.41) is 9.57. The quantitative estimate of drug-likeness (QED) is 0.299. The molecule has 29 heavy (non-hydrogen) atoms. The Balaban J connectivity index is 1.62. The largest absolute Gasteiger partial charge is 0.381 e.